The Morgan fingerprint density at radius 3 is 2.64 bits per heavy atom. The summed E-state index contributed by atoms with van der Waals surface area (Å²) >= 11 is 0. The fourth-order valence-corrected chi connectivity index (χ4v) is 4.72. The molecule has 0 saturated carbocycles. The van der Waals surface area contributed by atoms with Gasteiger partial charge in [0.15, 0.2) is 0 Å². The van der Waals surface area contributed by atoms with E-state index >= 15 is 0 Å². The van der Waals surface area contributed by atoms with E-state index in [-0.39, 0.29) is 42.4 Å². The van der Waals surface area contributed by atoms with E-state index in [9.17, 15) is 22.8 Å². The van der Waals surface area contributed by atoms with Gasteiger partial charge in [0, 0.05) is 37.9 Å². The van der Waals surface area contributed by atoms with E-state index in [1.165, 1.54) is 12.3 Å². The number of halogens is 3. The Morgan fingerprint density at radius 2 is 1.94 bits per heavy atom. The number of carbonyl (C=O) groups excluding carboxylic acids is 2. The molecule has 4 heterocycles. The summed E-state index contributed by atoms with van der Waals surface area (Å²) in [7, 11) is 0. The fourth-order valence-electron chi connectivity index (χ4n) is 4.72. The Hall–Kier alpha value is -2.89. The number of nitrogens with two attached hydrogens (primary N) is 1. The number of nitrogen functional groups attached to an aromatic ring is 1. The second-order valence-corrected chi connectivity index (χ2v) is 8.82. The smallest absolute Gasteiger partial charge is 0.383 e. The van der Waals surface area contributed by atoms with Gasteiger partial charge >= 0.3 is 12.2 Å². The molecule has 9 nitrogen and oxygen atoms in total. The van der Waals surface area contributed by atoms with Gasteiger partial charge in [-0.2, -0.15) is 13.2 Å². The fraction of sp³-hybridized carbons (Fsp3) is 0.619. The van der Waals surface area contributed by atoms with E-state index in [1.54, 1.807) is 9.80 Å². The zero-order valence-electron chi connectivity index (χ0n) is 18.0. The molecule has 3 aliphatic heterocycles. The molecule has 3 saturated heterocycles. The number of carbonyl (C=O) groups is 2. The molecule has 0 bridgehead atoms. The number of alkyl halides is 3. The van der Waals surface area contributed by atoms with Crippen LogP contribution in [0.5, 0.6) is 0 Å². The number of likely N-dealkylation sites (tertiary alicyclic amines) is 2. The Morgan fingerprint density at radius 1 is 1.24 bits per heavy atom. The Kier molecular flexibility index (Phi) is 6.46. The average Bonchev–Trinajstić information content (AvgIpc) is 2.78. The predicted octanol–water partition coefficient (Wildman–Crippen LogP) is 1.56. The molecule has 0 aliphatic carbocycles. The maximum absolute atomic E-state index is 13.0. The number of ether oxygens (including phenoxy) is 1. The lowest BCUT2D eigenvalue weighted by Crippen LogP contribution is -2.62. The first-order valence-electron chi connectivity index (χ1n) is 11.0. The van der Waals surface area contributed by atoms with Crippen molar-refractivity contribution in [3.8, 4) is 0 Å². The highest BCUT2D eigenvalue weighted by molar-refractivity contribution is 6.05. The standard InChI is InChI=1S/C21H27F3N6O3/c22-21(23,24)18(25)14-8-13(9-27-19(14)26)7-12-1-4-29(5-2-12)20(32)30-6-3-16-15(10-30)28-17(31)11-33-16/h8-9,12,15-16,25H,1-7,10-11H2,(H2,26,27)(H,28,31)/t15-,16?/m1/s1. The monoisotopic (exact) mass is 468 g/mol. The topological polar surface area (TPSA) is 125 Å². The third-order valence-corrected chi connectivity index (χ3v) is 6.53. The van der Waals surface area contributed by atoms with Gasteiger partial charge in [0.25, 0.3) is 0 Å². The van der Waals surface area contributed by atoms with Gasteiger partial charge in [-0.1, -0.05) is 0 Å². The Labute approximate surface area is 189 Å². The van der Waals surface area contributed by atoms with Crippen molar-refractivity contribution in [3.05, 3.63) is 23.4 Å². The van der Waals surface area contributed by atoms with Gasteiger partial charge in [0.1, 0.15) is 18.1 Å². The lowest BCUT2D eigenvalue weighted by molar-refractivity contribution is -0.139. The second-order valence-electron chi connectivity index (χ2n) is 8.82. The van der Waals surface area contributed by atoms with Crippen LogP contribution in [0.1, 0.15) is 30.4 Å². The zero-order valence-corrected chi connectivity index (χ0v) is 18.0. The van der Waals surface area contributed by atoms with Crippen LogP contribution in [0.25, 0.3) is 0 Å². The van der Waals surface area contributed by atoms with Crippen molar-refractivity contribution >= 4 is 23.5 Å². The first kappa shape index (κ1) is 23.3. The van der Waals surface area contributed by atoms with Gasteiger partial charge in [-0.25, -0.2) is 9.78 Å². The molecule has 180 valence electrons. The third-order valence-electron chi connectivity index (χ3n) is 6.53. The molecule has 33 heavy (non-hydrogen) atoms. The maximum atomic E-state index is 13.0. The molecule has 4 N–H and O–H groups in total. The van der Waals surface area contributed by atoms with Crippen molar-refractivity contribution in [1.29, 1.82) is 5.41 Å². The lowest BCUT2D eigenvalue weighted by Gasteiger charge is -2.43. The number of nitrogens with one attached hydrogen (secondary N) is 2. The van der Waals surface area contributed by atoms with E-state index < -0.39 is 17.5 Å². The molecule has 3 amide bonds. The summed E-state index contributed by atoms with van der Waals surface area (Å²) in [6.45, 7) is 2.14. The molecule has 1 aromatic heterocycles. The molecular weight excluding hydrogens is 441 g/mol. The average molecular weight is 468 g/mol. The summed E-state index contributed by atoms with van der Waals surface area (Å²) in [5, 5.41) is 10.2. The van der Waals surface area contributed by atoms with Gasteiger partial charge in [-0.15, -0.1) is 0 Å². The van der Waals surface area contributed by atoms with Crippen molar-refractivity contribution < 1.29 is 27.5 Å². The first-order chi connectivity index (χ1) is 15.6. The first-order valence-corrected chi connectivity index (χ1v) is 11.0. The van der Waals surface area contributed by atoms with Crippen LogP contribution in [0.4, 0.5) is 23.8 Å². The molecule has 0 aromatic carbocycles. The van der Waals surface area contributed by atoms with Crippen LogP contribution in [-0.2, 0) is 16.0 Å². The minimum absolute atomic E-state index is 0.0604. The zero-order chi connectivity index (χ0) is 23.8. The van der Waals surface area contributed by atoms with Gasteiger partial charge in [0.2, 0.25) is 5.91 Å². The number of nitrogens with zero attached hydrogens (tertiary/aromatic N) is 3. The Balaban J connectivity index is 1.31. The predicted molar refractivity (Wildman–Crippen MR) is 113 cm³/mol. The number of fused-ring (bicyclic) bond motifs is 1. The number of aromatic nitrogens is 1. The van der Waals surface area contributed by atoms with Crippen molar-refractivity contribution in [2.24, 2.45) is 5.92 Å². The molecule has 4 rings (SSSR count). The van der Waals surface area contributed by atoms with Crippen molar-refractivity contribution in [2.75, 3.05) is 38.5 Å². The van der Waals surface area contributed by atoms with Crippen LogP contribution in [-0.4, -0.2) is 83.5 Å². The molecule has 3 aliphatic rings. The van der Waals surface area contributed by atoms with Crippen molar-refractivity contribution in [3.63, 3.8) is 0 Å². The molecule has 0 spiro atoms. The van der Waals surface area contributed by atoms with Crippen LogP contribution < -0.4 is 11.1 Å². The highest BCUT2D eigenvalue weighted by atomic mass is 19.4. The summed E-state index contributed by atoms with van der Waals surface area (Å²) < 4.78 is 44.3. The number of anilines is 1. The van der Waals surface area contributed by atoms with E-state index in [2.05, 4.69) is 10.3 Å². The number of piperidine rings is 2. The van der Waals surface area contributed by atoms with Gasteiger partial charge in [-0.3, -0.25) is 10.2 Å². The lowest BCUT2D eigenvalue weighted by atomic mass is 9.90. The molecular formula is C21H27F3N6O3. The van der Waals surface area contributed by atoms with E-state index in [0.717, 1.165) is 0 Å². The van der Waals surface area contributed by atoms with Crippen molar-refractivity contribution in [2.45, 2.75) is 44.0 Å². The highest BCUT2D eigenvalue weighted by Gasteiger charge is 2.38. The van der Waals surface area contributed by atoms with Crippen LogP contribution >= 0.6 is 0 Å². The molecule has 0 radical (unpaired) electrons. The normalized spacial score (nSPS) is 24.3. The number of pyridine rings is 1. The Bertz CT molecular complexity index is 932. The third kappa shape index (κ3) is 5.21. The molecule has 2 atom stereocenters. The summed E-state index contributed by atoms with van der Waals surface area (Å²) in [5.74, 6) is -0.300. The number of morpholine rings is 1. The molecule has 1 aromatic rings. The van der Waals surface area contributed by atoms with Gasteiger partial charge in [0.05, 0.1) is 12.1 Å². The summed E-state index contributed by atoms with van der Waals surface area (Å²) in [5.41, 5.74) is 4.24. The van der Waals surface area contributed by atoms with Crippen LogP contribution in [0.3, 0.4) is 0 Å². The largest absolute Gasteiger partial charge is 0.433 e. The second kappa shape index (κ2) is 9.16. The van der Waals surface area contributed by atoms with Gasteiger partial charge in [-0.05, 0) is 43.2 Å². The summed E-state index contributed by atoms with van der Waals surface area (Å²) in [6, 6.07) is 1.03. The number of amides is 3. The van der Waals surface area contributed by atoms with Crippen molar-refractivity contribution in [1.82, 2.24) is 20.1 Å². The number of rotatable bonds is 3. The quantitative estimate of drug-likeness (QED) is 0.581. The van der Waals surface area contributed by atoms with E-state index in [1.807, 2.05) is 0 Å². The van der Waals surface area contributed by atoms with Gasteiger partial charge < -0.3 is 25.6 Å². The van der Waals surface area contributed by atoms with E-state index in [4.69, 9.17) is 15.9 Å². The van der Waals surface area contributed by atoms with E-state index in [0.29, 0.717) is 57.4 Å². The maximum Gasteiger partial charge on any atom is 0.433 e. The molecule has 1 unspecified atom stereocenters. The number of hydrogen-bond donors (Lipinski definition) is 3. The SMILES string of the molecule is N=C(c1cc(CC2CCN(C(=O)N3CCC4OCC(=O)N[C@@H]4C3)CC2)cnc1N)C(F)(F)F. The molecule has 3 fully saturated rings. The minimum Gasteiger partial charge on any atom is -0.383 e. The summed E-state index contributed by atoms with van der Waals surface area (Å²) in [4.78, 5) is 31.9. The highest BCUT2D eigenvalue weighted by Crippen LogP contribution is 2.28. The molecule has 12 heteroatoms. The summed E-state index contributed by atoms with van der Waals surface area (Å²) in [6.07, 6.45) is -0.804. The number of hydrogen-bond acceptors (Lipinski definition) is 6. The minimum atomic E-state index is -4.79. The van der Waals surface area contributed by atoms with Crippen LogP contribution in [0.2, 0.25) is 0 Å². The van der Waals surface area contributed by atoms with Crippen LogP contribution in [0, 0.1) is 11.3 Å². The van der Waals surface area contributed by atoms with Crippen LogP contribution in [0.15, 0.2) is 12.3 Å². The number of urea groups is 1.